The summed E-state index contributed by atoms with van der Waals surface area (Å²) in [5.41, 5.74) is 6.40. The minimum Gasteiger partial charge on any atom is -0.497 e. The molecule has 0 aliphatic rings. The first-order valence-corrected chi connectivity index (χ1v) is 4.81. The Morgan fingerprint density at radius 3 is 2.47 bits per heavy atom. The molecule has 1 rings (SSSR count). The molecule has 0 saturated heterocycles. The van der Waals surface area contributed by atoms with Gasteiger partial charge in [0.1, 0.15) is 5.75 Å². The molecule has 0 aliphatic heterocycles. The van der Waals surface area contributed by atoms with Crippen LogP contribution in [0.3, 0.4) is 0 Å². The molecular weight excluding hydrogens is 190 g/mol. The van der Waals surface area contributed by atoms with E-state index < -0.39 is 0 Å². The highest BCUT2D eigenvalue weighted by atomic mass is 16.5. The summed E-state index contributed by atoms with van der Waals surface area (Å²) < 4.78 is 5.07. The second-order valence-electron chi connectivity index (χ2n) is 3.39. The maximum Gasteiger partial charge on any atom is 0.119 e. The van der Waals surface area contributed by atoms with Crippen LogP contribution in [-0.2, 0) is 0 Å². The van der Waals surface area contributed by atoms with Gasteiger partial charge in [-0.2, -0.15) is 0 Å². The van der Waals surface area contributed by atoms with Gasteiger partial charge in [0.2, 0.25) is 0 Å². The Morgan fingerprint density at radius 1 is 1.40 bits per heavy atom. The van der Waals surface area contributed by atoms with Gasteiger partial charge < -0.3 is 15.4 Å². The highest BCUT2D eigenvalue weighted by Crippen LogP contribution is 2.17. The van der Waals surface area contributed by atoms with E-state index in [1.807, 2.05) is 31.3 Å². The second-order valence-corrected chi connectivity index (χ2v) is 3.39. The van der Waals surface area contributed by atoms with Crippen LogP contribution >= 0.6 is 0 Å². The van der Waals surface area contributed by atoms with E-state index in [-0.39, 0.29) is 5.84 Å². The van der Waals surface area contributed by atoms with Gasteiger partial charge in [-0.05, 0) is 24.3 Å². The third kappa shape index (κ3) is 3.50. The van der Waals surface area contributed by atoms with E-state index in [2.05, 4.69) is 4.90 Å². The van der Waals surface area contributed by atoms with Crippen molar-refractivity contribution < 1.29 is 4.74 Å². The summed E-state index contributed by atoms with van der Waals surface area (Å²) in [7, 11) is 3.62. The molecule has 82 valence electrons. The van der Waals surface area contributed by atoms with Gasteiger partial charge in [0.05, 0.1) is 12.9 Å². The van der Waals surface area contributed by atoms with Crippen molar-refractivity contribution in [2.45, 2.75) is 6.42 Å². The third-order valence-electron chi connectivity index (χ3n) is 2.23. The fraction of sp³-hybridized carbons (Fsp3) is 0.364. The van der Waals surface area contributed by atoms with Crippen molar-refractivity contribution in [3.05, 3.63) is 24.3 Å². The van der Waals surface area contributed by atoms with Gasteiger partial charge in [0, 0.05) is 25.7 Å². The number of methoxy groups -OCH3 is 1. The van der Waals surface area contributed by atoms with E-state index in [1.54, 1.807) is 7.11 Å². The molecule has 1 aromatic rings. The van der Waals surface area contributed by atoms with Crippen LogP contribution in [0.4, 0.5) is 5.69 Å². The van der Waals surface area contributed by atoms with E-state index >= 15 is 0 Å². The molecule has 0 aliphatic carbocycles. The monoisotopic (exact) mass is 207 g/mol. The van der Waals surface area contributed by atoms with E-state index in [9.17, 15) is 0 Å². The normalized spacial score (nSPS) is 9.73. The lowest BCUT2D eigenvalue weighted by Crippen LogP contribution is -2.23. The number of anilines is 1. The molecule has 4 nitrogen and oxygen atoms in total. The zero-order valence-electron chi connectivity index (χ0n) is 9.16. The number of nitrogens with zero attached hydrogens (tertiary/aromatic N) is 1. The van der Waals surface area contributed by atoms with E-state index in [0.717, 1.165) is 18.0 Å². The first-order chi connectivity index (χ1) is 7.13. The topological polar surface area (TPSA) is 62.3 Å². The van der Waals surface area contributed by atoms with Crippen LogP contribution in [0.2, 0.25) is 0 Å². The molecular formula is C11H17N3O. The molecule has 0 aromatic heterocycles. The molecule has 1 aromatic carbocycles. The Bertz CT molecular complexity index is 321. The van der Waals surface area contributed by atoms with Crippen molar-refractivity contribution in [3.8, 4) is 5.75 Å². The highest BCUT2D eigenvalue weighted by molar-refractivity contribution is 5.77. The first-order valence-electron chi connectivity index (χ1n) is 4.81. The van der Waals surface area contributed by atoms with Crippen molar-refractivity contribution in [1.82, 2.24) is 0 Å². The molecule has 0 radical (unpaired) electrons. The van der Waals surface area contributed by atoms with Gasteiger partial charge in [-0.15, -0.1) is 0 Å². The van der Waals surface area contributed by atoms with Crippen LogP contribution in [0, 0.1) is 5.41 Å². The van der Waals surface area contributed by atoms with Gasteiger partial charge in [0.25, 0.3) is 0 Å². The van der Waals surface area contributed by atoms with Crippen LogP contribution in [0.5, 0.6) is 5.75 Å². The predicted octanol–water partition coefficient (Wildman–Crippen LogP) is 1.46. The lowest BCUT2D eigenvalue weighted by atomic mass is 10.2. The summed E-state index contributed by atoms with van der Waals surface area (Å²) in [5.74, 6) is 1.06. The number of ether oxygens (including phenoxy) is 1. The zero-order valence-corrected chi connectivity index (χ0v) is 9.16. The fourth-order valence-corrected chi connectivity index (χ4v) is 1.25. The van der Waals surface area contributed by atoms with Crippen LogP contribution in [0.15, 0.2) is 24.3 Å². The molecule has 3 N–H and O–H groups in total. The number of nitrogens with one attached hydrogen (secondary N) is 1. The van der Waals surface area contributed by atoms with E-state index in [1.165, 1.54) is 0 Å². The summed E-state index contributed by atoms with van der Waals surface area (Å²) in [4.78, 5) is 2.06. The summed E-state index contributed by atoms with van der Waals surface area (Å²) in [6.07, 6.45) is 0.586. The Balaban J connectivity index is 2.57. The number of rotatable bonds is 5. The van der Waals surface area contributed by atoms with Crippen molar-refractivity contribution in [1.29, 1.82) is 5.41 Å². The number of hydrogen-bond donors (Lipinski definition) is 2. The van der Waals surface area contributed by atoms with Crippen LogP contribution in [-0.4, -0.2) is 26.5 Å². The molecule has 0 amide bonds. The second kappa shape index (κ2) is 5.24. The Kier molecular flexibility index (Phi) is 3.97. The van der Waals surface area contributed by atoms with Gasteiger partial charge in [-0.1, -0.05) is 0 Å². The minimum atomic E-state index is 0.218. The predicted molar refractivity (Wildman–Crippen MR) is 62.8 cm³/mol. The number of benzene rings is 1. The SMILES string of the molecule is COc1ccc(N(C)CCC(=N)N)cc1. The molecule has 15 heavy (non-hydrogen) atoms. The Morgan fingerprint density at radius 2 is 2.00 bits per heavy atom. The fourth-order valence-electron chi connectivity index (χ4n) is 1.25. The minimum absolute atomic E-state index is 0.218. The van der Waals surface area contributed by atoms with Gasteiger partial charge in [-0.3, -0.25) is 5.41 Å². The van der Waals surface area contributed by atoms with Crippen molar-refractivity contribution in [2.75, 3.05) is 25.6 Å². The summed E-state index contributed by atoms with van der Waals surface area (Å²) in [5, 5.41) is 7.15. The molecule has 4 heteroatoms. The first kappa shape index (κ1) is 11.4. The Hall–Kier alpha value is -1.71. The molecule has 0 saturated carbocycles. The molecule has 0 spiro atoms. The van der Waals surface area contributed by atoms with Crippen molar-refractivity contribution in [2.24, 2.45) is 5.73 Å². The lowest BCUT2D eigenvalue weighted by Gasteiger charge is -2.18. The highest BCUT2D eigenvalue weighted by Gasteiger charge is 2.01. The smallest absolute Gasteiger partial charge is 0.119 e. The Labute approximate surface area is 90.2 Å². The van der Waals surface area contributed by atoms with E-state index in [4.69, 9.17) is 15.9 Å². The molecule has 0 heterocycles. The quantitative estimate of drug-likeness (QED) is 0.567. The van der Waals surface area contributed by atoms with Crippen LogP contribution in [0.1, 0.15) is 6.42 Å². The standard InChI is InChI=1S/C11H17N3O/c1-14(8-7-11(12)13)9-3-5-10(15-2)6-4-9/h3-6H,7-8H2,1-2H3,(H3,12,13). The average Bonchev–Trinajstić information content (AvgIpc) is 2.26. The lowest BCUT2D eigenvalue weighted by molar-refractivity contribution is 0.415. The van der Waals surface area contributed by atoms with Crippen LogP contribution < -0.4 is 15.4 Å². The van der Waals surface area contributed by atoms with E-state index in [0.29, 0.717) is 6.42 Å². The number of nitrogens with two attached hydrogens (primary N) is 1. The maximum absolute atomic E-state index is 7.15. The molecule has 0 unspecified atom stereocenters. The molecule has 0 atom stereocenters. The number of hydrogen-bond acceptors (Lipinski definition) is 3. The summed E-state index contributed by atoms with van der Waals surface area (Å²) in [6.45, 7) is 0.752. The van der Waals surface area contributed by atoms with Crippen LogP contribution in [0.25, 0.3) is 0 Å². The van der Waals surface area contributed by atoms with Crippen molar-refractivity contribution >= 4 is 11.5 Å². The molecule has 0 fully saturated rings. The maximum atomic E-state index is 7.15. The summed E-state index contributed by atoms with van der Waals surface area (Å²) >= 11 is 0. The van der Waals surface area contributed by atoms with Gasteiger partial charge in [0.15, 0.2) is 0 Å². The average molecular weight is 207 g/mol. The zero-order chi connectivity index (χ0) is 11.3. The van der Waals surface area contributed by atoms with Gasteiger partial charge >= 0.3 is 0 Å². The van der Waals surface area contributed by atoms with Crippen molar-refractivity contribution in [3.63, 3.8) is 0 Å². The summed E-state index contributed by atoms with van der Waals surface area (Å²) in [6, 6.07) is 7.80. The largest absolute Gasteiger partial charge is 0.497 e. The third-order valence-corrected chi connectivity index (χ3v) is 2.23. The molecule has 0 bridgehead atoms. The van der Waals surface area contributed by atoms with Gasteiger partial charge in [-0.25, -0.2) is 0 Å². The number of amidine groups is 1.